The highest BCUT2D eigenvalue weighted by molar-refractivity contribution is 5.94. The van der Waals surface area contributed by atoms with Gasteiger partial charge in [0.05, 0.1) is 0 Å². The number of aromatic hydroxyl groups is 1. The van der Waals surface area contributed by atoms with Crippen LogP contribution in [-0.2, 0) is 0 Å². The van der Waals surface area contributed by atoms with E-state index in [0.717, 1.165) is 24.1 Å². The molecule has 1 aliphatic carbocycles. The molecule has 1 saturated carbocycles. The van der Waals surface area contributed by atoms with Gasteiger partial charge in [0, 0.05) is 17.5 Å². The average molecular weight is 289 g/mol. The van der Waals surface area contributed by atoms with Crippen LogP contribution in [-0.4, -0.2) is 17.1 Å². The molecule has 5 heteroatoms. The molecule has 21 heavy (non-hydrogen) atoms. The summed E-state index contributed by atoms with van der Waals surface area (Å²) in [7, 11) is 0. The Hall–Kier alpha value is -2.43. The van der Waals surface area contributed by atoms with Gasteiger partial charge in [0.15, 0.2) is 17.4 Å². The second-order valence-electron chi connectivity index (χ2n) is 5.12. The van der Waals surface area contributed by atoms with E-state index in [9.17, 15) is 13.6 Å². The van der Waals surface area contributed by atoms with Crippen molar-refractivity contribution in [2.45, 2.75) is 18.4 Å². The summed E-state index contributed by atoms with van der Waals surface area (Å²) in [6.45, 7) is 0. The van der Waals surface area contributed by atoms with E-state index >= 15 is 0 Å². The van der Waals surface area contributed by atoms with Crippen LogP contribution in [0, 0.1) is 11.6 Å². The van der Waals surface area contributed by atoms with E-state index in [1.54, 1.807) is 0 Å². The first kappa shape index (κ1) is 13.5. The van der Waals surface area contributed by atoms with Crippen molar-refractivity contribution in [3.05, 3.63) is 65.2 Å². The predicted molar refractivity (Wildman–Crippen MR) is 73.1 cm³/mol. The fraction of sp³-hybridized carbons (Fsp3) is 0.188. The molecule has 2 aromatic carbocycles. The number of amides is 1. The average Bonchev–Trinajstić information content (AvgIpc) is 3.24. The molecule has 2 unspecified atom stereocenters. The molecule has 0 aromatic heterocycles. The van der Waals surface area contributed by atoms with Gasteiger partial charge in [-0.1, -0.05) is 30.3 Å². The summed E-state index contributed by atoms with van der Waals surface area (Å²) < 4.78 is 26.5. The molecule has 1 fully saturated rings. The quantitative estimate of drug-likeness (QED) is 0.912. The number of nitrogens with one attached hydrogen (secondary N) is 1. The summed E-state index contributed by atoms with van der Waals surface area (Å²) >= 11 is 0. The van der Waals surface area contributed by atoms with E-state index in [4.69, 9.17) is 5.11 Å². The molecule has 0 spiro atoms. The Balaban J connectivity index is 1.69. The molecule has 0 bridgehead atoms. The lowest BCUT2D eigenvalue weighted by Gasteiger charge is -2.06. The van der Waals surface area contributed by atoms with Gasteiger partial charge in [-0.05, 0) is 24.1 Å². The summed E-state index contributed by atoms with van der Waals surface area (Å²) in [5, 5.41) is 11.8. The third-order valence-electron chi connectivity index (χ3n) is 3.61. The van der Waals surface area contributed by atoms with Crippen molar-refractivity contribution in [1.29, 1.82) is 0 Å². The molecular weight excluding hydrogens is 276 g/mol. The van der Waals surface area contributed by atoms with Crippen LogP contribution in [0.2, 0.25) is 0 Å². The summed E-state index contributed by atoms with van der Waals surface area (Å²) in [6, 6.07) is 11.4. The van der Waals surface area contributed by atoms with Crippen LogP contribution in [0.1, 0.15) is 28.3 Å². The smallest absolute Gasteiger partial charge is 0.251 e. The van der Waals surface area contributed by atoms with Gasteiger partial charge >= 0.3 is 0 Å². The molecule has 0 saturated heterocycles. The van der Waals surface area contributed by atoms with Gasteiger partial charge < -0.3 is 10.4 Å². The van der Waals surface area contributed by atoms with Crippen LogP contribution in [0.15, 0.2) is 42.5 Å². The third-order valence-corrected chi connectivity index (χ3v) is 3.61. The maximum absolute atomic E-state index is 13.2. The van der Waals surface area contributed by atoms with Gasteiger partial charge in [-0.3, -0.25) is 4.79 Å². The van der Waals surface area contributed by atoms with Crippen LogP contribution in [0.3, 0.4) is 0 Å². The highest BCUT2D eigenvalue weighted by atomic mass is 19.1. The minimum Gasteiger partial charge on any atom is -0.503 e. The standard InChI is InChI=1S/C16H13F2NO2/c17-12-6-10(7-13(18)15(12)20)16(21)19-14-8-11(14)9-4-2-1-3-5-9/h1-7,11,14,20H,8H2,(H,19,21). The first-order valence-corrected chi connectivity index (χ1v) is 6.60. The summed E-state index contributed by atoms with van der Waals surface area (Å²) in [4.78, 5) is 12.0. The van der Waals surface area contributed by atoms with E-state index in [-0.39, 0.29) is 17.5 Å². The largest absolute Gasteiger partial charge is 0.503 e. The monoisotopic (exact) mass is 289 g/mol. The Bertz CT molecular complexity index is 665. The van der Waals surface area contributed by atoms with Crippen molar-refractivity contribution >= 4 is 5.91 Å². The molecule has 108 valence electrons. The maximum atomic E-state index is 13.2. The van der Waals surface area contributed by atoms with Crippen LogP contribution in [0.4, 0.5) is 8.78 Å². The molecule has 1 amide bonds. The second-order valence-corrected chi connectivity index (χ2v) is 5.12. The number of phenolic OH excluding ortho intramolecular Hbond substituents is 1. The van der Waals surface area contributed by atoms with Gasteiger partial charge in [-0.15, -0.1) is 0 Å². The first-order chi connectivity index (χ1) is 10.1. The van der Waals surface area contributed by atoms with Crippen molar-refractivity contribution in [3.63, 3.8) is 0 Å². The Morgan fingerprint density at radius 1 is 1.14 bits per heavy atom. The van der Waals surface area contributed by atoms with Gasteiger partial charge in [0.25, 0.3) is 5.91 Å². The highest BCUT2D eigenvalue weighted by Crippen LogP contribution is 2.40. The van der Waals surface area contributed by atoms with E-state index < -0.39 is 23.3 Å². The number of carbonyl (C=O) groups excluding carboxylic acids is 1. The fourth-order valence-electron chi connectivity index (χ4n) is 2.37. The van der Waals surface area contributed by atoms with Gasteiger partial charge in [0.1, 0.15) is 0 Å². The number of hydrogen-bond acceptors (Lipinski definition) is 2. The van der Waals surface area contributed by atoms with Gasteiger partial charge in [-0.2, -0.15) is 0 Å². The molecule has 2 atom stereocenters. The molecule has 0 heterocycles. The van der Waals surface area contributed by atoms with Crippen molar-refractivity contribution in [2.75, 3.05) is 0 Å². The van der Waals surface area contributed by atoms with E-state index in [2.05, 4.69) is 5.32 Å². The SMILES string of the molecule is O=C(NC1CC1c1ccccc1)c1cc(F)c(O)c(F)c1. The van der Waals surface area contributed by atoms with Crippen LogP contribution >= 0.6 is 0 Å². The van der Waals surface area contributed by atoms with Crippen LogP contribution < -0.4 is 5.32 Å². The molecule has 2 aromatic rings. The normalized spacial score (nSPS) is 20.1. The summed E-state index contributed by atoms with van der Waals surface area (Å²) in [5.74, 6) is -3.66. The molecule has 0 radical (unpaired) electrons. The molecule has 0 aliphatic heterocycles. The summed E-state index contributed by atoms with van der Waals surface area (Å²) in [5.41, 5.74) is 0.993. The number of hydrogen-bond donors (Lipinski definition) is 2. The van der Waals surface area contributed by atoms with Crippen LogP contribution in [0.25, 0.3) is 0 Å². The lowest BCUT2D eigenvalue weighted by atomic mass is 10.1. The minimum absolute atomic E-state index is 0.0279. The number of phenols is 1. The summed E-state index contributed by atoms with van der Waals surface area (Å²) in [6.07, 6.45) is 0.804. The first-order valence-electron chi connectivity index (χ1n) is 6.60. The Morgan fingerprint density at radius 3 is 2.38 bits per heavy atom. The topological polar surface area (TPSA) is 49.3 Å². The van der Waals surface area contributed by atoms with Crippen molar-refractivity contribution < 1.29 is 18.7 Å². The molecule has 3 nitrogen and oxygen atoms in total. The number of benzene rings is 2. The lowest BCUT2D eigenvalue weighted by molar-refractivity contribution is 0.0949. The lowest BCUT2D eigenvalue weighted by Crippen LogP contribution is -2.26. The van der Waals surface area contributed by atoms with E-state index in [1.807, 2.05) is 30.3 Å². The third kappa shape index (κ3) is 2.72. The number of carbonyl (C=O) groups is 1. The Morgan fingerprint density at radius 2 is 1.76 bits per heavy atom. The molecule has 1 aliphatic rings. The Kier molecular flexibility index (Phi) is 3.33. The molecule has 2 N–H and O–H groups in total. The van der Waals surface area contributed by atoms with Gasteiger partial charge in [0.2, 0.25) is 0 Å². The van der Waals surface area contributed by atoms with Crippen molar-refractivity contribution in [3.8, 4) is 5.75 Å². The van der Waals surface area contributed by atoms with E-state index in [1.165, 1.54) is 0 Å². The Labute approximate surface area is 120 Å². The van der Waals surface area contributed by atoms with E-state index in [0.29, 0.717) is 0 Å². The van der Waals surface area contributed by atoms with Crippen LogP contribution in [0.5, 0.6) is 5.75 Å². The predicted octanol–water partition coefficient (Wildman–Crippen LogP) is 2.96. The molecular formula is C16H13F2NO2. The maximum Gasteiger partial charge on any atom is 0.251 e. The minimum atomic E-state index is -1.14. The van der Waals surface area contributed by atoms with Crippen molar-refractivity contribution in [2.24, 2.45) is 0 Å². The second kappa shape index (κ2) is 5.16. The van der Waals surface area contributed by atoms with Crippen molar-refractivity contribution in [1.82, 2.24) is 5.32 Å². The zero-order chi connectivity index (χ0) is 15.0. The number of halogens is 2. The highest BCUT2D eigenvalue weighted by Gasteiger charge is 2.39. The fourth-order valence-corrected chi connectivity index (χ4v) is 2.37. The number of rotatable bonds is 3. The zero-order valence-corrected chi connectivity index (χ0v) is 11.0. The zero-order valence-electron chi connectivity index (χ0n) is 11.0. The molecule has 3 rings (SSSR count). The van der Waals surface area contributed by atoms with Gasteiger partial charge in [-0.25, -0.2) is 8.78 Å².